The van der Waals surface area contributed by atoms with Crippen molar-refractivity contribution in [3.63, 3.8) is 0 Å². The molecule has 1 aromatic heterocycles. The van der Waals surface area contributed by atoms with E-state index < -0.39 is 0 Å². The van der Waals surface area contributed by atoms with Crippen LogP contribution in [0.5, 0.6) is 0 Å². The molecule has 206 valence electrons. The van der Waals surface area contributed by atoms with Crippen LogP contribution in [0.15, 0.2) is 66.9 Å². The van der Waals surface area contributed by atoms with Crippen LogP contribution < -0.4 is 20.9 Å². The van der Waals surface area contributed by atoms with E-state index in [1.807, 2.05) is 35.2 Å². The van der Waals surface area contributed by atoms with Crippen molar-refractivity contribution < 1.29 is 14.7 Å². The van der Waals surface area contributed by atoms with Crippen LogP contribution in [-0.4, -0.2) is 41.2 Å². The van der Waals surface area contributed by atoms with Crippen molar-refractivity contribution in [2.45, 2.75) is 44.8 Å². The fraction of sp³-hybridized carbons (Fsp3) is 0.406. The monoisotopic (exact) mass is 537 g/mol. The fourth-order valence-electron chi connectivity index (χ4n) is 8.12. The van der Waals surface area contributed by atoms with Gasteiger partial charge in [-0.3, -0.25) is 14.7 Å². The second kappa shape index (κ2) is 9.63. The molecule has 8 nitrogen and oxygen atoms in total. The summed E-state index contributed by atoms with van der Waals surface area (Å²) in [6.45, 7) is 1.23. The first-order valence-corrected chi connectivity index (χ1v) is 14.3. The molecule has 1 aliphatic heterocycles. The molecule has 2 atom stereocenters. The van der Waals surface area contributed by atoms with E-state index in [9.17, 15) is 14.7 Å². The Hall–Kier alpha value is -3.91. The van der Waals surface area contributed by atoms with E-state index >= 15 is 0 Å². The fourth-order valence-corrected chi connectivity index (χ4v) is 8.12. The molecule has 0 spiro atoms. The van der Waals surface area contributed by atoms with E-state index in [1.54, 1.807) is 6.20 Å². The van der Waals surface area contributed by atoms with E-state index in [-0.39, 0.29) is 30.0 Å². The average Bonchev–Trinajstić information content (AvgIpc) is 2.98. The lowest BCUT2D eigenvalue weighted by molar-refractivity contribution is -0.145. The van der Waals surface area contributed by atoms with E-state index in [2.05, 4.69) is 45.5 Å². The number of hydrogen-bond acceptors (Lipinski definition) is 5. The van der Waals surface area contributed by atoms with Crippen LogP contribution in [0, 0.1) is 23.2 Å². The summed E-state index contributed by atoms with van der Waals surface area (Å²) in [6, 6.07) is 20.2. The molecule has 5 aliphatic rings. The van der Waals surface area contributed by atoms with Crippen molar-refractivity contribution >= 4 is 29.0 Å². The molecule has 3 amide bonds. The number of urea groups is 1. The molecule has 8 rings (SSSR count). The van der Waals surface area contributed by atoms with E-state index in [1.165, 1.54) is 0 Å². The standard InChI is InChI=1S/C32H35N5O3/c33-30(39)32-15-21-13-23(16-32)29(24(14-21)17-32)35-31(40)37-12-11-36(27-3-1-2-4-28(27)37)25-8-6-22(7-9-25)26-10-5-20(19-38)18-34-26/h1-10,18,21,23-24,29,38H,11-17,19H2,(H2,33,39)(H,35,40). The number of rotatable bonds is 5. The van der Waals surface area contributed by atoms with Crippen LogP contribution >= 0.6 is 0 Å². The predicted octanol–water partition coefficient (Wildman–Crippen LogP) is 4.59. The number of primary amides is 1. The highest BCUT2D eigenvalue weighted by Gasteiger charge is 2.58. The van der Waals surface area contributed by atoms with Crippen molar-refractivity contribution in [1.29, 1.82) is 0 Å². The first-order chi connectivity index (χ1) is 19.4. The number of aliphatic hydroxyl groups excluding tert-OH is 1. The summed E-state index contributed by atoms with van der Waals surface area (Å²) in [4.78, 5) is 34.7. The number of aromatic nitrogens is 1. The Labute approximate surface area is 234 Å². The highest BCUT2D eigenvalue weighted by molar-refractivity contribution is 5.98. The number of hydrogen-bond donors (Lipinski definition) is 3. The van der Waals surface area contributed by atoms with Crippen LogP contribution in [0.2, 0.25) is 0 Å². The summed E-state index contributed by atoms with van der Waals surface area (Å²) in [6.07, 6.45) is 6.40. The van der Waals surface area contributed by atoms with Crippen molar-refractivity contribution in [2.75, 3.05) is 22.9 Å². The minimum absolute atomic E-state index is 0.0199. The molecular weight excluding hydrogens is 502 g/mol. The number of nitrogens with zero attached hydrogens (tertiary/aromatic N) is 3. The summed E-state index contributed by atoms with van der Waals surface area (Å²) in [5, 5.41) is 12.7. The largest absolute Gasteiger partial charge is 0.392 e. The topological polar surface area (TPSA) is 112 Å². The van der Waals surface area contributed by atoms with Crippen molar-refractivity contribution in [2.24, 2.45) is 28.9 Å². The maximum Gasteiger partial charge on any atom is 0.322 e. The Balaban J connectivity index is 1.09. The van der Waals surface area contributed by atoms with Gasteiger partial charge in [0, 0.05) is 42.0 Å². The molecule has 4 fully saturated rings. The van der Waals surface area contributed by atoms with E-state index in [4.69, 9.17) is 5.73 Å². The SMILES string of the molecule is NC(=O)C12CC3CC(C1)C(NC(=O)N1CCN(c4ccc(-c5ccc(CO)cn5)cc4)c4ccccc41)C(C3)C2. The minimum Gasteiger partial charge on any atom is -0.392 e. The zero-order valence-electron chi connectivity index (χ0n) is 22.5. The van der Waals surface area contributed by atoms with Gasteiger partial charge >= 0.3 is 6.03 Å². The third-order valence-corrected chi connectivity index (χ3v) is 9.82. The first-order valence-electron chi connectivity index (χ1n) is 14.3. The lowest BCUT2D eigenvalue weighted by Gasteiger charge is -2.59. The summed E-state index contributed by atoms with van der Waals surface area (Å²) in [7, 11) is 0. The van der Waals surface area contributed by atoms with Gasteiger partial charge in [-0.15, -0.1) is 0 Å². The van der Waals surface area contributed by atoms with Gasteiger partial charge in [-0.2, -0.15) is 0 Å². The van der Waals surface area contributed by atoms with Gasteiger partial charge in [0.2, 0.25) is 5.91 Å². The zero-order chi connectivity index (χ0) is 27.4. The number of para-hydroxylation sites is 2. The van der Waals surface area contributed by atoms with Crippen LogP contribution in [0.3, 0.4) is 0 Å². The molecule has 4 bridgehead atoms. The zero-order valence-corrected chi connectivity index (χ0v) is 22.5. The summed E-state index contributed by atoms with van der Waals surface area (Å²) < 4.78 is 0. The smallest absolute Gasteiger partial charge is 0.322 e. The molecule has 40 heavy (non-hydrogen) atoms. The van der Waals surface area contributed by atoms with Gasteiger partial charge < -0.3 is 21.1 Å². The Morgan fingerprint density at radius 2 is 1.68 bits per heavy atom. The predicted molar refractivity (Wildman–Crippen MR) is 154 cm³/mol. The van der Waals surface area contributed by atoms with Crippen molar-refractivity contribution in [3.05, 3.63) is 72.4 Å². The third kappa shape index (κ3) is 4.13. The Morgan fingerprint density at radius 1 is 0.950 bits per heavy atom. The lowest BCUT2D eigenvalue weighted by atomic mass is 9.47. The quantitative estimate of drug-likeness (QED) is 0.441. The number of amides is 3. The van der Waals surface area contributed by atoms with Gasteiger partial charge in [0.05, 0.1) is 23.7 Å². The Kier molecular flexibility index (Phi) is 6.04. The number of fused-ring (bicyclic) bond motifs is 1. The molecule has 3 aromatic rings. The van der Waals surface area contributed by atoms with Gasteiger partial charge in [-0.05, 0) is 85.8 Å². The molecule has 0 radical (unpaired) electrons. The molecule has 4 N–H and O–H groups in total. The average molecular weight is 538 g/mol. The number of carbonyl (C=O) groups excluding carboxylic acids is 2. The van der Waals surface area contributed by atoms with Crippen LogP contribution in [-0.2, 0) is 11.4 Å². The van der Waals surface area contributed by atoms with Gasteiger partial charge in [-0.1, -0.05) is 30.3 Å². The molecular formula is C32H35N5O3. The number of aliphatic hydroxyl groups is 1. The van der Waals surface area contributed by atoms with Crippen molar-refractivity contribution in [1.82, 2.24) is 10.3 Å². The Bertz CT molecular complexity index is 1420. The molecule has 8 heteroatoms. The summed E-state index contributed by atoms with van der Waals surface area (Å²) in [5.41, 5.74) is 11.1. The molecule has 4 saturated carbocycles. The number of pyridine rings is 1. The van der Waals surface area contributed by atoms with Crippen LogP contribution in [0.1, 0.15) is 37.7 Å². The minimum atomic E-state index is -0.357. The number of nitrogens with two attached hydrogens (primary N) is 1. The normalized spacial score (nSPS) is 28.3. The molecule has 2 unspecified atom stereocenters. The number of anilines is 3. The van der Waals surface area contributed by atoms with Gasteiger partial charge in [-0.25, -0.2) is 4.79 Å². The maximum atomic E-state index is 13.7. The second-order valence-corrected chi connectivity index (χ2v) is 12.1. The van der Waals surface area contributed by atoms with E-state index in [0.29, 0.717) is 30.8 Å². The van der Waals surface area contributed by atoms with Crippen LogP contribution in [0.4, 0.5) is 21.9 Å². The lowest BCUT2D eigenvalue weighted by Crippen LogP contribution is -2.63. The summed E-state index contributed by atoms with van der Waals surface area (Å²) >= 11 is 0. The highest BCUT2D eigenvalue weighted by Crippen LogP contribution is 2.60. The second-order valence-electron chi connectivity index (χ2n) is 12.1. The Morgan fingerprint density at radius 3 is 2.33 bits per heavy atom. The van der Waals surface area contributed by atoms with Crippen molar-refractivity contribution in [3.8, 4) is 11.3 Å². The number of nitrogens with one attached hydrogen (secondary N) is 1. The highest BCUT2D eigenvalue weighted by atomic mass is 16.3. The van der Waals surface area contributed by atoms with E-state index in [0.717, 1.165) is 66.0 Å². The summed E-state index contributed by atoms with van der Waals surface area (Å²) in [5.74, 6) is 1.06. The molecule has 4 aliphatic carbocycles. The molecule has 2 aromatic carbocycles. The number of benzene rings is 2. The van der Waals surface area contributed by atoms with Gasteiger partial charge in [0.1, 0.15) is 0 Å². The first kappa shape index (κ1) is 25.1. The van der Waals surface area contributed by atoms with Crippen LogP contribution in [0.25, 0.3) is 11.3 Å². The molecule has 2 heterocycles. The van der Waals surface area contributed by atoms with Gasteiger partial charge in [0.15, 0.2) is 0 Å². The maximum absolute atomic E-state index is 13.7. The number of carbonyl (C=O) groups is 2. The molecule has 0 saturated heterocycles. The van der Waals surface area contributed by atoms with Gasteiger partial charge in [0.25, 0.3) is 0 Å². The third-order valence-electron chi connectivity index (χ3n) is 9.82.